The minimum atomic E-state index is -0.326. The first-order valence-electron chi connectivity index (χ1n) is 6.05. The van der Waals surface area contributed by atoms with Crippen LogP contribution < -0.4 is 5.32 Å². The molecule has 98 valence electrons. The topological polar surface area (TPSA) is 61.9 Å². The summed E-state index contributed by atoms with van der Waals surface area (Å²) in [4.78, 5) is 4.10. The number of nitrogens with zero attached hydrogens (tertiary/aromatic N) is 2. The maximum absolute atomic E-state index is 13.5. The van der Waals surface area contributed by atoms with Crippen molar-refractivity contribution in [2.24, 2.45) is 0 Å². The lowest BCUT2D eigenvalue weighted by Gasteiger charge is -2.04. The van der Waals surface area contributed by atoms with Crippen LogP contribution in [-0.2, 0) is 19.5 Å². The number of hydrogen-bond acceptors (Lipinski definition) is 4. The molecule has 0 atom stereocenters. The molecule has 19 heavy (non-hydrogen) atoms. The first-order valence-corrected chi connectivity index (χ1v) is 6.05. The summed E-state index contributed by atoms with van der Waals surface area (Å²) >= 11 is 0. The van der Waals surface area contributed by atoms with Gasteiger partial charge in [-0.05, 0) is 18.2 Å². The second-order valence-electron chi connectivity index (χ2n) is 4.10. The van der Waals surface area contributed by atoms with E-state index in [2.05, 4.69) is 10.3 Å². The molecule has 5 heteroatoms. The fourth-order valence-corrected chi connectivity index (χ4v) is 1.68. The van der Waals surface area contributed by atoms with Crippen LogP contribution in [-0.4, -0.2) is 4.98 Å². The summed E-state index contributed by atoms with van der Waals surface area (Å²) in [6.07, 6.45) is 2.49. The Bertz CT molecular complexity index is 601. The summed E-state index contributed by atoms with van der Waals surface area (Å²) in [5.41, 5.74) is 0.906. The Morgan fingerprint density at radius 1 is 1.42 bits per heavy atom. The highest BCUT2D eigenvalue weighted by Crippen LogP contribution is 2.10. The van der Waals surface area contributed by atoms with Crippen molar-refractivity contribution in [1.82, 2.24) is 10.3 Å². The predicted molar refractivity (Wildman–Crippen MR) is 67.5 cm³/mol. The molecule has 0 unspecified atom stereocenters. The molecule has 1 aromatic heterocycles. The number of aryl methyl sites for hydroxylation is 1. The van der Waals surface area contributed by atoms with Gasteiger partial charge >= 0.3 is 0 Å². The van der Waals surface area contributed by atoms with E-state index in [-0.39, 0.29) is 5.82 Å². The first-order chi connectivity index (χ1) is 9.22. The van der Waals surface area contributed by atoms with Crippen LogP contribution in [0.1, 0.15) is 29.7 Å². The van der Waals surface area contributed by atoms with E-state index < -0.39 is 0 Å². The minimum Gasteiger partial charge on any atom is -0.444 e. The van der Waals surface area contributed by atoms with Crippen molar-refractivity contribution in [3.05, 3.63) is 53.0 Å². The molecule has 0 amide bonds. The SMILES string of the molecule is CCc1cnc(CNCc2cc(C#N)ccc2F)o1. The van der Waals surface area contributed by atoms with Crippen LogP contribution in [0.4, 0.5) is 4.39 Å². The van der Waals surface area contributed by atoms with E-state index >= 15 is 0 Å². The molecule has 0 saturated heterocycles. The lowest BCUT2D eigenvalue weighted by Crippen LogP contribution is -2.14. The summed E-state index contributed by atoms with van der Waals surface area (Å²) < 4.78 is 18.9. The molecule has 2 rings (SSSR count). The highest BCUT2D eigenvalue weighted by Gasteiger charge is 2.05. The van der Waals surface area contributed by atoms with Crippen molar-refractivity contribution in [3.8, 4) is 6.07 Å². The number of hydrogen-bond donors (Lipinski definition) is 1. The molecule has 0 spiro atoms. The molecule has 0 aliphatic carbocycles. The molecule has 0 bridgehead atoms. The third-order valence-electron chi connectivity index (χ3n) is 2.72. The van der Waals surface area contributed by atoms with Crippen molar-refractivity contribution in [1.29, 1.82) is 5.26 Å². The van der Waals surface area contributed by atoms with Gasteiger partial charge < -0.3 is 9.73 Å². The summed E-state index contributed by atoms with van der Waals surface area (Å²) in [7, 11) is 0. The predicted octanol–water partition coefficient (Wildman–Crippen LogP) is 2.54. The van der Waals surface area contributed by atoms with Crippen LogP contribution >= 0.6 is 0 Å². The van der Waals surface area contributed by atoms with Gasteiger partial charge in [-0.3, -0.25) is 0 Å². The van der Waals surface area contributed by atoms with E-state index in [1.807, 2.05) is 13.0 Å². The highest BCUT2D eigenvalue weighted by atomic mass is 19.1. The lowest BCUT2D eigenvalue weighted by atomic mass is 10.1. The van der Waals surface area contributed by atoms with Gasteiger partial charge in [0.15, 0.2) is 0 Å². The Kier molecular flexibility index (Phi) is 4.26. The van der Waals surface area contributed by atoms with Crippen molar-refractivity contribution in [2.75, 3.05) is 0 Å². The number of rotatable bonds is 5. The van der Waals surface area contributed by atoms with E-state index in [0.29, 0.717) is 30.1 Å². The molecule has 1 aromatic carbocycles. The standard InChI is InChI=1S/C14H14FN3O/c1-2-12-8-18-14(19-12)9-17-7-11-5-10(6-16)3-4-13(11)15/h3-5,8,17H,2,7,9H2,1H3. The Hall–Kier alpha value is -2.19. The van der Waals surface area contributed by atoms with Gasteiger partial charge in [0.2, 0.25) is 5.89 Å². The van der Waals surface area contributed by atoms with Gasteiger partial charge in [0.05, 0.1) is 24.4 Å². The minimum absolute atomic E-state index is 0.325. The van der Waals surface area contributed by atoms with E-state index in [9.17, 15) is 4.39 Å². The van der Waals surface area contributed by atoms with E-state index in [1.165, 1.54) is 18.2 Å². The third kappa shape index (κ3) is 3.39. The van der Waals surface area contributed by atoms with Crippen molar-refractivity contribution in [2.45, 2.75) is 26.4 Å². The number of nitriles is 1. The fraction of sp³-hybridized carbons (Fsp3) is 0.286. The molecule has 0 radical (unpaired) electrons. The van der Waals surface area contributed by atoms with Gasteiger partial charge in [-0.1, -0.05) is 6.92 Å². The van der Waals surface area contributed by atoms with Crippen LogP contribution in [0.15, 0.2) is 28.8 Å². The summed E-state index contributed by atoms with van der Waals surface area (Å²) in [6, 6.07) is 6.29. The number of halogens is 1. The molecular formula is C14H14FN3O. The summed E-state index contributed by atoms with van der Waals surface area (Å²) in [5, 5.41) is 11.8. The van der Waals surface area contributed by atoms with E-state index in [0.717, 1.165) is 12.2 Å². The largest absolute Gasteiger partial charge is 0.444 e. The number of nitrogens with one attached hydrogen (secondary N) is 1. The maximum atomic E-state index is 13.5. The fourth-order valence-electron chi connectivity index (χ4n) is 1.68. The summed E-state index contributed by atoms with van der Waals surface area (Å²) in [6.45, 7) is 2.74. The van der Waals surface area contributed by atoms with Gasteiger partial charge in [0.25, 0.3) is 0 Å². The van der Waals surface area contributed by atoms with Crippen LogP contribution in [0.3, 0.4) is 0 Å². The molecule has 0 fully saturated rings. The van der Waals surface area contributed by atoms with E-state index in [1.54, 1.807) is 6.20 Å². The molecule has 0 aliphatic rings. The Balaban J connectivity index is 1.94. The number of aromatic nitrogens is 1. The second-order valence-corrected chi connectivity index (χ2v) is 4.10. The van der Waals surface area contributed by atoms with Crippen LogP contribution in [0.25, 0.3) is 0 Å². The van der Waals surface area contributed by atoms with Crippen LogP contribution in [0.2, 0.25) is 0 Å². The smallest absolute Gasteiger partial charge is 0.208 e. The maximum Gasteiger partial charge on any atom is 0.208 e. The molecular weight excluding hydrogens is 245 g/mol. The zero-order valence-corrected chi connectivity index (χ0v) is 10.6. The monoisotopic (exact) mass is 259 g/mol. The molecule has 2 aromatic rings. The zero-order chi connectivity index (χ0) is 13.7. The zero-order valence-electron chi connectivity index (χ0n) is 10.6. The highest BCUT2D eigenvalue weighted by molar-refractivity contribution is 5.33. The first kappa shape index (κ1) is 13.2. The summed E-state index contributed by atoms with van der Waals surface area (Å²) in [5.74, 6) is 1.08. The Labute approximate surface area is 110 Å². The van der Waals surface area contributed by atoms with Crippen LogP contribution in [0, 0.1) is 17.1 Å². The molecule has 1 N–H and O–H groups in total. The molecule has 0 aliphatic heterocycles. The van der Waals surface area contributed by atoms with Gasteiger partial charge in [-0.15, -0.1) is 0 Å². The quantitative estimate of drug-likeness (QED) is 0.896. The average molecular weight is 259 g/mol. The number of oxazole rings is 1. The van der Waals surface area contributed by atoms with Gasteiger partial charge in [-0.2, -0.15) is 5.26 Å². The second kappa shape index (κ2) is 6.12. The third-order valence-corrected chi connectivity index (χ3v) is 2.72. The van der Waals surface area contributed by atoms with Gasteiger partial charge in [0, 0.05) is 18.5 Å². The Morgan fingerprint density at radius 3 is 2.95 bits per heavy atom. The van der Waals surface area contributed by atoms with Gasteiger partial charge in [-0.25, -0.2) is 9.37 Å². The molecule has 0 saturated carbocycles. The van der Waals surface area contributed by atoms with Crippen molar-refractivity contribution < 1.29 is 8.81 Å². The normalized spacial score (nSPS) is 10.4. The van der Waals surface area contributed by atoms with Crippen molar-refractivity contribution >= 4 is 0 Å². The molecule has 4 nitrogen and oxygen atoms in total. The lowest BCUT2D eigenvalue weighted by molar-refractivity contribution is 0.437. The van der Waals surface area contributed by atoms with Crippen molar-refractivity contribution in [3.63, 3.8) is 0 Å². The Morgan fingerprint density at radius 2 is 2.26 bits per heavy atom. The average Bonchev–Trinajstić information content (AvgIpc) is 2.89. The van der Waals surface area contributed by atoms with Gasteiger partial charge in [0.1, 0.15) is 11.6 Å². The number of benzene rings is 1. The van der Waals surface area contributed by atoms with Crippen LogP contribution in [0.5, 0.6) is 0 Å². The molecule has 1 heterocycles. The van der Waals surface area contributed by atoms with E-state index in [4.69, 9.17) is 9.68 Å².